The number of anilines is 2. The lowest BCUT2D eigenvalue weighted by Gasteiger charge is -2.44. The van der Waals surface area contributed by atoms with E-state index in [1.54, 1.807) is 17.9 Å². The number of hydrogen-bond acceptors (Lipinski definition) is 5. The van der Waals surface area contributed by atoms with Crippen molar-refractivity contribution in [3.8, 4) is 6.07 Å². The molecule has 0 saturated carbocycles. The van der Waals surface area contributed by atoms with Gasteiger partial charge in [-0.15, -0.1) is 0 Å². The van der Waals surface area contributed by atoms with Crippen LogP contribution in [0.3, 0.4) is 0 Å². The second-order valence-electron chi connectivity index (χ2n) is 7.71. The number of fused-ring (bicyclic) bond motifs is 1. The second kappa shape index (κ2) is 8.95. The van der Waals surface area contributed by atoms with E-state index in [-0.39, 0.29) is 36.2 Å². The van der Waals surface area contributed by atoms with Crippen LogP contribution in [0.5, 0.6) is 0 Å². The first kappa shape index (κ1) is 21.3. The van der Waals surface area contributed by atoms with Gasteiger partial charge in [0.05, 0.1) is 18.5 Å². The number of carbonyl (C=O) groups is 2. The molecule has 30 heavy (non-hydrogen) atoms. The number of nitrogens with one attached hydrogen (secondary N) is 2. The summed E-state index contributed by atoms with van der Waals surface area (Å²) in [4.78, 5) is 31.3. The molecule has 2 aromatic rings. The Kier molecular flexibility index (Phi) is 6.36. The minimum Gasteiger partial charge on any atom is -0.363 e. The first-order valence-corrected chi connectivity index (χ1v) is 10.1. The molecule has 0 saturated heterocycles. The first-order valence-electron chi connectivity index (χ1n) is 10.1. The summed E-state index contributed by atoms with van der Waals surface area (Å²) in [5.74, 6) is 0.570. The van der Waals surface area contributed by atoms with E-state index in [1.165, 1.54) is 0 Å². The highest BCUT2D eigenvalue weighted by Crippen LogP contribution is 2.42. The Hall–Kier alpha value is -3.40. The van der Waals surface area contributed by atoms with Gasteiger partial charge in [-0.05, 0) is 49.7 Å². The van der Waals surface area contributed by atoms with Crippen LogP contribution in [0.1, 0.15) is 54.8 Å². The average Bonchev–Trinajstić information content (AvgIpc) is 2.71. The molecular formula is C23H27N5O2. The number of aromatic nitrogens is 1. The van der Waals surface area contributed by atoms with Gasteiger partial charge in [-0.2, -0.15) is 5.26 Å². The number of pyridine rings is 1. The Morgan fingerprint density at radius 3 is 2.67 bits per heavy atom. The Balaban J connectivity index is 2.02. The number of amides is 2. The van der Waals surface area contributed by atoms with Gasteiger partial charge < -0.3 is 15.5 Å². The highest BCUT2D eigenvalue weighted by molar-refractivity contribution is 5.98. The van der Waals surface area contributed by atoms with E-state index in [2.05, 4.69) is 22.5 Å². The summed E-state index contributed by atoms with van der Waals surface area (Å²) in [6.45, 7) is 7.93. The van der Waals surface area contributed by atoms with Crippen LogP contribution in [0.15, 0.2) is 36.4 Å². The Morgan fingerprint density at radius 2 is 2.00 bits per heavy atom. The third-order valence-corrected chi connectivity index (χ3v) is 5.63. The molecular weight excluding hydrogens is 378 g/mol. The van der Waals surface area contributed by atoms with Crippen LogP contribution in [-0.2, 0) is 4.79 Å². The summed E-state index contributed by atoms with van der Waals surface area (Å²) in [7, 11) is 0. The monoisotopic (exact) mass is 405 g/mol. The van der Waals surface area contributed by atoms with Crippen molar-refractivity contribution in [1.29, 1.82) is 5.26 Å². The van der Waals surface area contributed by atoms with E-state index in [0.29, 0.717) is 12.1 Å². The van der Waals surface area contributed by atoms with Gasteiger partial charge in [-0.3, -0.25) is 9.59 Å². The number of hydrogen-bond donors (Lipinski definition) is 2. The van der Waals surface area contributed by atoms with Crippen molar-refractivity contribution in [2.75, 3.05) is 16.8 Å². The molecule has 0 aliphatic carbocycles. The number of benzene rings is 1. The summed E-state index contributed by atoms with van der Waals surface area (Å²) in [6.07, 6.45) is 0.257. The van der Waals surface area contributed by atoms with E-state index in [4.69, 9.17) is 5.26 Å². The van der Waals surface area contributed by atoms with E-state index in [0.717, 1.165) is 22.8 Å². The fraction of sp³-hybridized carbons (Fsp3) is 0.391. The summed E-state index contributed by atoms with van der Waals surface area (Å²) in [5, 5.41) is 15.0. The van der Waals surface area contributed by atoms with Gasteiger partial charge in [0.2, 0.25) is 5.91 Å². The molecule has 7 nitrogen and oxygen atoms in total. The molecule has 3 rings (SSSR count). The van der Waals surface area contributed by atoms with Crippen molar-refractivity contribution in [1.82, 2.24) is 10.3 Å². The van der Waals surface area contributed by atoms with Gasteiger partial charge in [0, 0.05) is 42.4 Å². The molecule has 7 heteroatoms. The minimum absolute atomic E-state index is 0.0207. The molecule has 2 heterocycles. The lowest BCUT2D eigenvalue weighted by Crippen LogP contribution is -2.48. The van der Waals surface area contributed by atoms with E-state index < -0.39 is 0 Å². The average molecular weight is 406 g/mol. The Morgan fingerprint density at radius 1 is 1.23 bits per heavy atom. The maximum atomic E-state index is 12.5. The Labute approximate surface area is 177 Å². The number of aryl methyl sites for hydroxylation is 1. The van der Waals surface area contributed by atoms with Crippen molar-refractivity contribution >= 4 is 23.3 Å². The van der Waals surface area contributed by atoms with Gasteiger partial charge in [0.1, 0.15) is 5.82 Å². The van der Waals surface area contributed by atoms with Crippen LogP contribution in [0.2, 0.25) is 0 Å². The predicted molar refractivity (Wildman–Crippen MR) is 116 cm³/mol. The first-order chi connectivity index (χ1) is 14.3. The largest absolute Gasteiger partial charge is 0.363 e. The topological polar surface area (TPSA) is 98.1 Å². The van der Waals surface area contributed by atoms with Crippen molar-refractivity contribution in [2.45, 2.75) is 46.2 Å². The maximum Gasteiger partial charge on any atom is 0.251 e. The second-order valence-corrected chi connectivity index (χ2v) is 7.71. The van der Waals surface area contributed by atoms with Crippen LogP contribution in [0.25, 0.3) is 0 Å². The lowest BCUT2D eigenvalue weighted by molar-refractivity contribution is -0.117. The molecule has 1 aromatic carbocycles. The van der Waals surface area contributed by atoms with Gasteiger partial charge in [-0.1, -0.05) is 13.0 Å². The van der Waals surface area contributed by atoms with Gasteiger partial charge in [-0.25, -0.2) is 4.98 Å². The molecule has 0 spiro atoms. The summed E-state index contributed by atoms with van der Waals surface area (Å²) in [6, 6.07) is 13.1. The van der Waals surface area contributed by atoms with E-state index >= 15 is 0 Å². The summed E-state index contributed by atoms with van der Waals surface area (Å²) in [5.41, 5.74) is 3.09. The molecule has 1 aliphatic heterocycles. The van der Waals surface area contributed by atoms with Gasteiger partial charge >= 0.3 is 0 Å². The van der Waals surface area contributed by atoms with Crippen LogP contribution in [0.4, 0.5) is 11.5 Å². The van der Waals surface area contributed by atoms with E-state index in [1.807, 2.05) is 50.2 Å². The van der Waals surface area contributed by atoms with Crippen LogP contribution in [0, 0.1) is 24.2 Å². The molecule has 3 atom stereocenters. The van der Waals surface area contributed by atoms with Gasteiger partial charge in [0.15, 0.2) is 0 Å². The predicted octanol–water partition coefficient (Wildman–Crippen LogP) is 3.58. The van der Waals surface area contributed by atoms with Crippen molar-refractivity contribution in [3.63, 3.8) is 0 Å². The molecule has 2 amide bonds. The SMILES string of the molecule is CC(=O)N1c2ccc(C(=O)NCCC#N)cc2[C@H](Nc2cccc(C)n2)[C@@H](C)[C@@H]1C. The van der Waals surface area contributed by atoms with Crippen molar-refractivity contribution in [2.24, 2.45) is 5.92 Å². The third-order valence-electron chi connectivity index (χ3n) is 5.63. The molecule has 0 radical (unpaired) electrons. The quantitative estimate of drug-likeness (QED) is 0.741. The number of nitrogens with zero attached hydrogens (tertiary/aromatic N) is 3. The number of rotatable bonds is 5. The van der Waals surface area contributed by atoms with Gasteiger partial charge in [0.25, 0.3) is 5.91 Å². The standard InChI is InChI=1S/C23H27N5O2/c1-14-7-5-8-21(26-14)27-22-15(2)16(3)28(17(4)29)20-10-9-18(13-19(20)22)23(30)25-12-6-11-24/h5,7-10,13,15-16,22H,6,12H2,1-4H3,(H,25,30)(H,26,27)/t15-,16-,22+/m0/s1. The Bertz CT molecular complexity index is 997. The normalized spacial score (nSPS) is 20.1. The zero-order valence-corrected chi connectivity index (χ0v) is 17.8. The molecule has 0 bridgehead atoms. The number of nitriles is 1. The molecule has 0 unspecified atom stereocenters. The van der Waals surface area contributed by atoms with E-state index in [9.17, 15) is 9.59 Å². The molecule has 1 aliphatic rings. The van der Waals surface area contributed by atoms with Crippen molar-refractivity contribution < 1.29 is 9.59 Å². The minimum atomic E-state index is -0.235. The highest BCUT2D eigenvalue weighted by atomic mass is 16.2. The maximum absolute atomic E-state index is 12.5. The third kappa shape index (κ3) is 4.28. The molecule has 1 aromatic heterocycles. The fourth-order valence-corrected chi connectivity index (χ4v) is 3.96. The van der Waals surface area contributed by atoms with Crippen LogP contribution in [-0.4, -0.2) is 29.4 Å². The fourth-order valence-electron chi connectivity index (χ4n) is 3.96. The lowest BCUT2D eigenvalue weighted by atomic mass is 9.82. The molecule has 156 valence electrons. The van der Waals surface area contributed by atoms with Crippen LogP contribution < -0.4 is 15.5 Å². The molecule has 0 fully saturated rings. The van der Waals surface area contributed by atoms with Crippen LogP contribution >= 0.6 is 0 Å². The zero-order chi connectivity index (χ0) is 21.8. The summed E-state index contributed by atoms with van der Waals surface area (Å²) >= 11 is 0. The smallest absolute Gasteiger partial charge is 0.251 e. The van der Waals surface area contributed by atoms with Crippen molar-refractivity contribution in [3.05, 3.63) is 53.2 Å². The highest BCUT2D eigenvalue weighted by Gasteiger charge is 2.38. The number of carbonyl (C=O) groups excluding carboxylic acids is 2. The molecule has 2 N–H and O–H groups in total. The zero-order valence-electron chi connectivity index (χ0n) is 17.8. The summed E-state index contributed by atoms with van der Waals surface area (Å²) < 4.78 is 0.